The Balaban J connectivity index is 2.14. The zero-order valence-corrected chi connectivity index (χ0v) is 12.1. The van der Waals surface area contributed by atoms with Gasteiger partial charge in [0.15, 0.2) is 5.82 Å². The van der Waals surface area contributed by atoms with E-state index in [1.165, 1.54) is 13.0 Å². The molecule has 4 nitrogen and oxygen atoms in total. The Kier molecular flexibility index (Phi) is 4.59. The van der Waals surface area contributed by atoms with Crippen LogP contribution in [0, 0.1) is 24.5 Å². The van der Waals surface area contributed by atoms with Crippen LogP contribution in [0.15, 0.2) is 12.1 Å². The molecule has 0 spiro atoms. The molecule has 1 saturated heterocycles. The van der Waals surface area contributed by atoms with Gasteiger partial charge >= 0.3 is 0 Å². The van der Waals surface area contributed by atoms with Crippen LogP contribution in [0.25, 0.3) is 0 Å². The number of piperidine rings is 1. The SMILES string of the molecule is Cc1ccc(F)c(NS(=O)(=O)CC2CCCNC2)c1F. The number of rotatable bonds is 4. The van der Waals surface area contributed by atoms with Crippen LogP contribution in [0.4, 0.5) is 14.5 Å². The van der Waals surface area contributed by atoms with Crippen LogP contribution in [0.1, 0.15) is 18.4 Å². The number of nitrogens with one attached hydrogen (secondary N) is 2. The first kappa shape index (κ1) is 15.2. The second-order valence-electron chi connectivity index (χ2n) is 5.15. The Morgan fingerprint density at radius 2 is 2.15 bits per heavy atom. The molecule has 1 aromatic carbocycles. The fourth-order valence-corrected chi connectivity index (χ4v) is 3.81. The van der Waals surface area contributed by atoms with Crippen LogP contribution in [0.2, 0.25) is 0 Å². The quantitative estimate of drug-likeness (QED) is 0.894. The van der Waals surface area contributed by atoms with E-state index in [4.69, 9.17) is 0 Å². The van der Waals surface area contributed by atoms with Gasteiger partial charge in [-0.1, -0.05) is 6.07 Å². The zero-order chi connectivity index (χ0) is 14.8. The van der Waals surface area contributed by atoms with Gasteiger partial charge in [0.1, 0.15) is 11.5 Å². The Bertz CT molecular complexity index is 584. The van der Waals surface area contributed by atoms with Crippen LogP contribution >= 0.6 is 0 Å². The summed E-state index contributed by atoms with van der Waals surface area (Å²) in [5.41, 5.74) is -0.391. The Morgan fingerprint density at radius 3 is 2.80 bits per heavy atom. The van der Waals surface area contributed by atoms with Crippen molar-refractivity contribution in [2.24, 2.45) is 5.92 Å². The molecule has 1 atom stereocenters. The third kappa shape index (κ3) is 3.67. The van der Waals surface area contributed by atoms with E-state index >= 15 is 0 Å². The molecule has 1 fully saturated rings. The molecule has 7 heteroatoms. The fourth-order valence-electron chi connectivity index (χ4n) is 2.32. The molecular weight excluding hydrogens is 286 g/mol. The highest BCUT2D eigenvalue weighted by Crippen LogP contribution is 2.23. The summed E-state index contributed by atoms with van der Waals surface area (Å²) in [5.74, 6) is -1.93. The molecule has 1 heterocycles. The van der Waals surface area contributed by atoms with Crippen LogP contribution in [0.5, 0.6) is 0 Å². The van der Waals surface area contributed by atoms with E-state index in [1.54, 1.807) is 0 Å². The lowest BCUT2D eigenvalue weighted by atomic mass is 10.0. The van der Waals surface area contributed by atoms with Gasteiger partial charge in [-0.15, -0.1) is 0 Å². The van der Waals surface area contributed by atoms with Crippen LogP contribution in [-0.4, -0.2) is 27.3 Å². The molecule has 1 unspecified atom stereocenters. The first-order valence-electron chi connectivity index (χ1n) is 6.55. The van der Waals surface area contributed by atoms with E-state index < -0.39 is 27.3 Å². The van der Waals surface area contributed by atoms with Gasteiger partial charge in [0.25, 0.3) is 0 Å². The second kappa shape index (κ2) is 6.05. The predicted molar refractivity (Wildman–Crippen MR) is 74.1 cm³/mol. The first-order chi connectivity index (χ1) is 9.39. The van der Waals surface area contributed by atoms with Crippen LogP contribution < -0.4 is 10.0 Å². The number of halogens is 2. The van der Waals surface area contributed by atoms with Crippen molar-refractivity contribution in [2.75, 3.05) is 23.6 Å². The van der Waals surface area contributed by atoms with Gasteiger partial charge in [0.05, 0.1) is 5.75 Å². The number of sulfonamides is 1. The van der Waals surface area contributed by atoms with E-state index in [9.17, 15) is 17.2 Å². The second-order valence-corrected chi connectivity index (χ2v) is 6.92. The summed E-state index contributed by atoms with van der Waals surface area (Å²) in [6.07, 6.45) is 1.71. The standard InChI is InChI=1S/C13H18F2N2O2S/c1-9-4-5-11(14)13(12(9)15)17-20(18,19)8-10-3-2-6-16-7-10/h4-5,10,16-17H,2-3,6-8H2,1H3. The van der Waals surface area contributed by atoms with Crippen molar-refractivity contribution >= 4 is 15.7 Å². The maximum Gasteiger partial charge on any atom is 0.233 e. The molecule has 2 N–H and O–H groups in total. The molecule has 20 heavy (non-hydrogen) atoms. The van der Waals surface area contributed by atoms with Gasteiger partial charge in [-0.05, 0) is 50.4 Å². The molecular formula is C13H18F2N2O2S. The molecule has 0 amide bonds. The molecule has 0 bridgehead atoms. The molecule has 0 saturated carbocycles. The lowest BCUT2D eigenvalue weighted by molar-refractivity contribution is 0.404. The van der Waals surface area contributed by atoms with E-state index in [2.05, 4.69) is 5.32 Å². The Labute approximate surface area is 117 Å². The monoisotopic (exact) mass is 304 g/mol. The van der Waals surface area contributed by atoms with E-state index in [-0.39, 0.29) is 17.2 Å². The van der Waals surface area contributed by atoms with Gasteiger partial charge in [0, 0.05) is 0 Å². The molecule has 0 aromatic heterocycles. The normalized spacial score (nSPS) is 19.9. The van der Waals surface area contributed by atoms with Crippen molar-refractivity contribution in [3.05, 3.63) is 29.3 Å². The topological polar surface area (TPSA) is 58.2 Å². The summed E-state index contributed by atoms with van der Waals surface area (Å²) in [4.78, 5) is 0. The average Bonchev–Trinajstić information content (AvgIpc) is 2.40. The lowest BCUT2D eigenvalue weighted by Gasteiger charge is -2.22. The third-order valence-corrected chi connectivity index (χ3v) is 4.82. The number of benzene rings is 1. The summed E-state index contributed by atoms with van der Waals surface area (Å²) in [7, 11) is -3.77. The number of hydrogen-bond acceptors (Lipinski definition) is 3. The minimum absolute atomic E-state index is 0.0304. The fraction of sp³-hybridized carbons (Fsp3) is 0.538. The number of aryl methyl sites for hydroxylation is 1. The van der Waals surface area contributed by atoms with Crippen LogP contribution in [0.3, 0.4) is 0 Å². The van der Waals surface area contributed by atoms with Crippen molar-refractivity contribution < 1.29 is 17.2 Å². The molecule has 1 aromatic rings. The van der Waals surface area contributed by atoms with Crippen molar-refractivity contribution in [1.29, 1.82) is 0 Å². The van der Waals surface area contributed by atoms with Crippen LogP contribution in [-0.2, 0) is 10.0 Å². The molecule has 2 rings (SSSR count). The molecule has 0 aliphatic carbocycles. The molecule has 1 aliphatic rings. The lowest BCUT2D eigenvalue weighted by Crippen LogP contribution is -2.35. The highest BCUT2D eigenvalue weighted by Gasteiger charge is 2.23. The zero-order valence-electron chi connectivity index (χ0n) is 11.2. The average molecular weight is 304 g/mol. The van der Waals surface area contributed by atoms with Gasteiger partial charge in [-0.25, -0.2) is 17.2 Å². The molecule has 0 radical (unpaired) electrons. The van der Waals surface area contributed by atoms with E-state index in [1.807, 2.05) is 4.72 Å². The predicted octanol–water partition coefficient (Wildman–Crippen LogP) is 2.01. The van der Waals surface area contributed by atoms with E-state index in [0.717, 1.165) is 25.5 Å². The van der Waals surface area contributed by atoms with Crippen molar-refractivity contribution in [1.82, 2.24) is 5.32 Å². The van der Waals surface area contributed by atoms with Gasteiger partial charge in [-0.3, -0.25) is 4.72 Å². The maximum atomic E-state index is 13.8. The van der Waals surface area contributed by atoms with Crippen molar-refractivity contribution in [3.63, 3.8) is 0 Å². The first-order valence-corrected chi connectivity index (χ1v) is 8.20. The number of anilines is 1. The van der Waals surface area contributed by atoms with Gasteiger partial charge in [-0.2, -0.15) is 0 Å². The van der Waals surface area contributed by atoms with Crippen molar-refractivity contribution in [3.8, 4) is 0 Å². The van der Waals surface area contributed by atoms with Gasteiger partial charge in [0.2, 0.25) is 10.0 Å². The third-order valence-electron chi connectivity index (χ3n) is 3.40. The molecule has 1 aliphatic heterocycles. The largest absolute Gasteiger partial charge is 0.316 e. The minimum atomic E-state index is -3.77. The summed E-state index contributed by atoms with van der Waals surface area (Å²) in [6.45, 7) is 2.95. The van der Waals surface area contributed by atoms with Crippen molar-refractivity contribution in [2.45, 2.75) is 19.8 Å². The Morgan fingerprint density at radius 1 is 1.40 bits per heavy atom. The Hall–Kier alpha value is -1.21. The minimum Gasteiger partial charge on any atom is -0.316 e. The highest BCUT2D eigenvalue weighted by atomic mass is 32.2. The highest BCUT2D eigenvalue weighted by molar-refractivity contribution is 7.92. The smallest absolute Gasteiger partial charge is 0.233 e. The van der Waals surface area contributed by atoms with E-state index in [0.29, 0.717) is 6.54 Å². The summed E-state index contributed by atoms with van der Waals surface area (Å²) in [5, 5.41) is 3.11. The molecule has 112 valence electrons. The number of hydrogen-bond donors (Lipinski definition) is 2. The maximum absolute atomic E-state index is 13.8. The summed E-state index contributed by atoms with van der Waals surface area (Å²) >= 11 is 0. The summed E-state index contributed by atoms with van der Waals surface area (Å²) < 4.78 is 53.4. The summed E-state index contributed by atoms with van der Waals surface area (Å²) in [6, 6.07) is 2.33. The van der Waals surface area contributed by atoms with Gasteiger partial charge < -0.3 is 5.32 Å².